The molecule has 0 radical (unpaired) electrons. The van der Waals surface area contributed by atoms with E-state index in [1.807, 2.05) is 18.5 Å². The minimum absolute atomic E-state index is 0.225. The summed E-state index contributed by atoms with van der Waals surface area (Å²) in [7, 11) is 0. The number of aryl methyl sites for hydroxylation is 2. The van der Waals surface area contributed by atoms with Crippen LogP contribution in [0.4, 0.5) is 8.78 Å². The van der Waals surface area contributed by atoms with Gasteiger partial charge in [-0.2, -0.15) is 15.3 Å². The van der Waals surface area contributed by atoms with E-state index in [4.69, 9.17) is 12.2 Å². The minimum Gasteiger partial charge on any atom is -0.268 e. The lowest BCUT2D eigenvalue weighted by atomic mass is 10.3. The standard InChI is InChI=1S/C14H17F2N7S/c1-4-21-9(3)11(6-17-21)23-12(18-19-14(23)24)7-22-8(2)5-10(20-22)13(15)16/h5-6,13H,4,7H2,1-3H3,(H,19,24). The van der Waals surface area contributed by atoms with E-state index in [1.54, 1.807) is 17.7 Å². The predicted octanol–water partition coefficient (Wildman–Crippen LogP) is 2.95. The Kier molecular flexibility index (Phi) is 4.31. The third-order valence-corrected chi connectivity index (χ3v) is 4.15. The molecule has 3 aromatic heterocycles. The number of rotatable bonds is 5. The Labute approximate surface area is 141 Å². The average Bonchev–Trinajstić information content (AvgIpc) is 3.19. The van der Waals surface area contributed by atoms with Gasteiger partial charge in [-0.05, 0) is 39.1 Å². The summed E-state index contributed by atoms with van der Waals surface area (Å²) in [5.41, 5.74) is 2.14. The molecule has 128 valence electrons. The summed E-state index contributed by atoms with van der Waals surface area (Å²) in [6.45, 7) is 6.63. The highest BCUT2D eigenvalue weighted by Gasteiger charge is 2.18. The lowest BCUT2D eigenvalue weighted by Crippen LogP contribution is -2.11. The zero-order chi connectivity index (χ0) is 17.4. The fourth-order valence-corrected chi connectivity index (χ4v) is 2.84. The third kappa shape index (κ3) is 2.77. The summed E-state index contributed by atoms with van der Waals surface area (Å²) in [6.07, 6.45) is -0.885. The molecule has 0 fully saturated rings. The number of hydrogen-bond donors (Lipinski definition) is 1. The summed E-state index contributed by atoms with van der Waals surface area (Å²) in [5.74, 6) is 0.575. The first-order valence-corrected chi connectivity index (χ1v) is 7.84. The molecule has 0 saturated carbocycles. The molecule has 0 amide bonds. The van der Waals surface area contributed by atoms with Crippen molar-refractivity contribution in [3.63, 3.8) is 0 Å². The minimum atomic E-state index is -2.60. The molecule has 3 heterocycles. The van der Waals surface area contributed by atoms with Crippen molar-refractivity contribution in [2.45, 2.75) is 40.3 Å². The Bertz CT molecular complexity index is 918. The van der Waals surface area contributed by atoms with Gasteiger partial charge in [0.2, 0.25) is 0 Å². The number of aromatic amines is 1. The summed E-state index contributed by atoms with van der Waals surface area (Å²) < 4.78 is 31.1. The summed E-state index contributed by atoms with van der Waals surface area (Å²) in [4.78, 5) is 0. The molecule has 0 spiro atoms. The summed E-state index contributed by atoms with van der Waals surface area (Å²) in [5, 5.41) is 15.2. The van der Waals surface area contributed by atoms with E-state index < -0.39 is 6.43 Å². The number of halogens is 2. The molecule has 0 aliphatic carbocycles. The Balaban J connectivity index is 2.02. The Morgan fingerprint density at radius 1 is 1.29 bits per heavy atom. The first-order valence-electron chi connectivity index (χ1n) is 7.44. The zero-order valence-electron chi connectivity index (χ0n) is 13.5. The van der Waals surface area contributed by atoms with E-state index in [0.717, 1.165) is 17.9 Å². The van der Waals surface area contributed by atoms with Crippen LogP contribution in [-0.2, 0) is 13.1 Å². The molecule has 24 heavy (non-hydrogen) atoms. The van der Waals surface area contributed by atoms with Gasteiger partial charge in [-0.15, -0.1) is 0 Å². The van der Waals surface area contributed by atoms with Crippen LogP contribution in [0.15, 0.2) is 12.3 Å². The van der Waals surface area contributed by atoms with E-state index in [-0.39, 0.29) is 12.2 Å². The van der Waals surface area contributed by atoms with Crippen molar-refractivity contribution in [1.29, 1.82) is 0 Å². The number of nitrogens with zero attached hydrogens (tertiary/aromatic N) is 6. The van der Waals surface area contributed by atoms with E-state index in [0.29, 0.717) is 16.3 Å². The van der Waals surface area contributed by atoms with Crippen LogP contribution < -0.4 is 0 Å². The van der Waals surface area contributed by atoms with Crippen LogP contribution >= 0.6 is 12.2 Å². The van der Waals surface area contributed by atoms with Crippen LogP contribution in [0, 0.1) is 18.6 Å². The van der Waals surface area contributed by atoms with Gasteiger partial charge < -0.3 is 0 Å². The quantitative estimate of drug-likeness (QED) is 0.716. The van der Waals surface area contributed by atoms with Gasteiger partial charge in [-0.25, -0.2) is 8.78 Å². The molecular formula is C14H17F2N7S. The molecule has 0 aliphatic heterocycles. The molecule has 7 nitrogen and oxygen atoms in total. The molecule has 3 rings (SSSR count). The molecule has 3 aromatic rings. The summed E-state index contributed by atoms with van der Waals surface area (Å²) in [6, 6.07) is 1.37. The second-order valence-corrected chi connectivity index (χ2v) is 5.77. The average molecular weight is 353 g/mol. The maximum Gasteiger partial charge on any atom is 0.282 e. The van der Waals surface area contributed by atoms with Gasteiger partial charge in [-0.3, -0.25) is 19.0 Å². The van der Waals surface area contributed by atoms with Crippen molar-refractivity contribution in [2.24, 2.45) is 0 Å². The van der Waals surface area contributed by atoms with Gasteiger partial charge in [0.05, 0.1) is 17.6 Å². The van der Waals surface area contributed by atoms with Crippen LogP contribution in [0.25, 0.3) is 5.69 Å². The van der Waals surface area contributed by atoms with Crippen LogP contribution in [0.3, 0.4) is 0 Å². The molecule has 0 saturated heterocycles. The monoisotopic (exact) mass is 353 g/mol. The maximum atomic E-state index is 12.8. The number of aromatic nitrogens is 7. The van der Waals surface area contributed by atoms with E-state index in [9.17, 15) is 8.78 Å². The molecule has 0 unspecified atom stereocenters. The highest BCUT2D eigenvalue weighted by atomic mass is 32.1. The highest BCUT2D eigenvalue weighted by molar-refractivity contribution is 7.71. The van der Waals surface area contributed by atoms with Crippen molar-refractivity contribution < 1.29 is 8.78 Å². The normalized spacial score (nSPS) is 11.6. The SMILES string of the molecule is CCn1ncc(-n2c(Cn3nc(C(F)F)cc3C)n[nH]c2=S)c1C. The molecule has 0 bridgehead atoms. The third-order valence-electron chi connectivity index (χ3n) is 3.87. The second-order valence-electron chi connectivity index (χ2n) is 5.38. The zero-order valence-corrected chi connectivity index (χ0v) is 14.3. The van der Waals surface area contributed by atoms with Crippen molar-refractivity contribution >= 4 is 12.2 Å². The lowest BCUT2D eigenvalue weighted by molar-refractivity contribution is 0.145. The van der Waals surface area contributed by atoms with Crippen molar-refractivity contribution in [3.8, 4) is 5.69 Å². The molecule has 0 aliphatic rings. The summed E-state index contributed by atoms with van der Waals surface area (Å²) >= 11 is 5.31. The molecule has 1 N–H and O–H groups in total. The maximum absolute atomic E-state index is 12.8. The number of hydrogen-bond acceptors (Lipinski definition) is 4. The fourth-order valence-electron chi connectivity index (χ4n) is 2.60. The lowest BCUT2D eigenvalue weighted by Gasteiger charge is -2.08. The Morgan fingerprint density at radius 3 is 2.62 bits per heavy atom. The van der Waals surface area contributed by atoms with Crippen LogP contribution in [0.5, 0.6) is 0 Å². The smallest absolute Gasteiger partial charge is 0.268 e. The number of nitrogens with one attached hydrogen (secondary N) is 1. The van der Waals surface area contributed by atoms with E-state index in [1.165, 1.54) is 10.7 Å². The van der Waals surface area contributed by atoms with Crippen molar-refractivity contribution in [3.05, 3.63) is 39.9 Å². The molecule has 10 heteroatoms. The molecular weight excluding hydrogens is 336 g/mol. The van der Waals surface area contributed by atoms with Crippen LogP contribution in [0.2, 0.25) is 0 Å². The van der Waals surface area contributed by atoms with Gasteiger partial charge in [0, 0.05) is 12.2 Å². The van der Waals surface area contributed by atoms with Gasteiger partial charge in [0.25, 0.3) is 6.43 Å². The first-order chi connectivity index (χ1) is 11.4. The van der Waals surface area contributed by atoms with Gasteiger partial charge >= 0.3 is 0 Å². The predicted molar refractivity (Wildman–Crippen MR) is 86.0 cm³/mol. The van der Waals surface area contributed by atoms with Gasteiger partial charge in [-0.1, -0.05) is 0 Å². The second kappa shape index (κ2) is 6.27. The van der Waals surface area contributed by atoms with E-state index >= 15 is 0 Å². The van der Waals surface area contributed by atoms with Crippen LogP contribution in [0.1, 0.15) is 36.3 Å². The fraction of sp³-hybridized carbons (Fsp3) is 0.429. The van der Waals surface area contributed by atoms with Crippen molar-refractivity contribution in [2.75, 3.05) is 0 Å². The number of H-pyrrole nitrogens is 1. The van der Waals surface area contributed by atoms with Crippen LogP contribution in [-0.4, -0.2) is 34.3 Å². The molecule has 0 atom stereocenters. The topological polar surface area (TPSA) is 69.2 Å². The Hall–Kier alpha value is -2.36. The van der Waals surface area contributed by atoms with Gasteiger partial charge in [0.1, 0.15) is 12.2 Å². The first kappa shape index (κ1) is 16.5. The number of alkyl halides is 2. The van der Waals surface area contributed by atoms with Gasteiger partial charge in [0.15, 0.2) is 10.6 Å². The largest absolute Gasteiger partial charge is 0.282 e. The highest BCUT2D eigenvalue weighted by Crippen LogP contribution is 2.20. The van der Waals surface area contributed by atoms with E-state index in [2.05, 4.69) is 20.4 Å². The molecule has 0 aromatic carbocycles. The van der Waals surface area contributed by atoms with Crippen molar-refractivity contribution in [1.82, 2.24) is 34.3 Å². The Morgan fingerprint density at radius 2 is 2.04 bits per heavy atom.